The molecule has 4 aromatic rings. The highest BCUT2D eigenvalue weighted by Gasteiger charge is 2.35. The molecule has 4 rings (SSSR count). The Morgan fingerprint density at radius 1 is 0.891 bits per heavy atom. The third-order valence-corrected chi connectivity index (χ3v) is 9.75. The number of hydrogen-bond donors (Lipinski definition) is 1. The molecule has 0 aliphatic carbocycles. The molecule has 0 saturated heterocycles. The Morgan fingerprint density at radius 3 is 2.09 bits per heavy atom. The molecule has 0 spiro atoms. The molecule has 2 atom stereocenters. The van der Waals surface area contributed by atoms with Gasteiger partial charge in [0.05, 0.1) is 15.5 Å². The Balaban J connectivity index is 1.81. The predicted octanol–water partition coefficient (Wildman–Crippen LogP) is 6.11. The van der Waals surface area contributed by atoms with Crippen molar-refractivity contribution < 1.29 is 22.9 Å². The van der Waals surface area contributed by atoms with Crippen molar-refractivity contribution in [3.05, 3.63) is 135 Å². The molecule has 0 aliphatic heterocycles. The number of nitrogens with one attached hydrogen (secondary N) is 1. The SMILES string of the molecule is CC[C@H](C)NC(=O)[C@@H](Cc1ccccc1)N(Cc1cccc(Br)c1)C(=O)CN(c1ccc([N+](=O)[O-])cc1)S(=O)(=O)c1ccccc1. The lowest BCUT2D eigenvalue weighted by Gasteiger charge is -2.34. The van der Waals surface area contributed by atoms with Gasteiger partial charge in [0.25, 0.3) is 15.7 Å². The minimum Gasteiger partial charge on any atom is -0.352 e. The number of non-ortho nitro benzene ring substituents is 1. The number of sulfonamides is 1. The summed E-state index contributed by atoms with van der Waals surface area (Å²) in [5.41, 5.74) is 1.38. The first-order valence-corrected chi connectivity index (χ1v) is 16.9. The molecule has 0 unspecified atom stereocenters. The van der Waals surface area contributed by atoms with Crippen molar-refractivity contribution in [1.82, 2.24) is 10.2 Å². The molecule has 4 aromatic carbocycles. The summed E-state index contributed by atoms with van der Waals surface area (Å²) in [7, 11) is -4.32. The van der Waals surface area contributed by atoms with E-state index in [2.05, 4.69) is 21.2 Å². The van der Waals surface area contributed by atoms with Gasteiger partial charge in [-0.15, -0.1) is 0 Å². The van der Waals surface area contributed by atoms with Crippen molar-refractivity contribution in [3.63, 3.8) is 0 Å². The zero-order valence-electron chi connectivity index (χ0n) is 25.5. The third-order valence-electron chi connectivity index (χ3n) is 7.47. The van der Waals surface area contributed by atoms with E-state index in [0.29, 0.717) is 6.42 Å². The highest BCUT2D eigenvalue weighted by Crippen LogP contribution is 2.27. The molecule has 1 N–H and O–H groups in total. The van der Waals surface area contributed by atoms with E-state index in [9.17, 15) is 28.1 Å². The van der Waals surface area contributed by atoms with Crippen molar-refractivity contribution in [2.75, 3.05) is 10.8 Å². The lowest BCUT2D eigenvalue weighted by atomic mass is 10.0. The molecular formula is C34H35BrN4O6S. The summed E-state index contributed by atoms with van der Waals surface area (Å²) in [6, 6.07) is 28.1. The minimum atomic E-state index is -4.32. The Hall–Kier alpha value is -4.55. The van der Waals surface area contributed by atoms with Gasteiger partial charge in [-0.2, -0.15) is 0 Å². The monoisotopic (exact) mass is 706 g/mol. The normalized spacial score (nSPS) is 12.5. The van der Waals surface area contributed by atoms with Gasteiger partial charge in [0, 0.05) is 35.6 Å². The van der Waals surface area contributed by atoms with Crippen molar-refractivity contribution in [3.8, 4) is 0 Å². The number of amides is 2. The van der Waals surface area contributed by atoms with E-state index in [1.54, 1.807) is 18.2 Å². The van der Waals surface area contributed by atoms with Crippen LogP contribution in [0, 0.1) is 10.1 Å². The standard InChI is InChI=1S/C34H35BrN4O6S/c1-3-25(2)36-34(41)32(22-26-11-6-4-7-12-26)37(23-27-13-10-14-28(35)21-27)33(40)24-38(29-17-19-30(20-18-29)39(42)43)46(44,45)31-15-8-5-9-16-31/h4-21,25,32H,3,22-24H2,1-2H3,(H,36,41)/t25-,32+/m0/s1. The lowest BCUT2D eigenvalue weighted by Crippen LogP contribution is -2.54. The molecule has 2 amide bonds. The van der Waals surface area contributed by atoms with Crippen molar-refractivity contribution in [2.45, 2.75) is 50.2 Å². The maximum absolute atomic E-state index is 14.5. The van der Waals surface area contributed by atoms with Crippen LogP contribution in [0.15, 0.2) is 119 Å². The average Bonchev–Trinajstić information content (AvgIpc) is 3.05. The number of benzene rings is 4. The highest BCUT2D eigenvalue weighted by molar-refractivity contribution is 9.10. The molecule has 0 bridgehead atoms. The minimum absolute atomic E-state index is 0.0170. The third kappa shape index (κ3) is 8.79. The molecule has 0 fully saturated rings. The van der Waals surface area contributed by atoms with Gasteiger partial charge < -0.3 is 10.2 Å². The molecule has 46 heavy (non-hydrogen) atoms. The van der Waals surface area contributed by atoms with Gasteiger partial charge >= 0.3 is 0 Å². The highest BCUT2D eigenvalue weighted by atomic mass is 79.9. The van der Waals surface area contributed by atoms with Gasteiger partial charge in [-0.25, -0.2) is 8.42 Å². The summed E-state index contributed by atoms with van der Waals surface area (Å²) < 4.78 is 29.8. The molecule has 10 nitrogen and oxygen atoms in total. The second-order valence-corrected chi connectivity index (χ2v) is 13.6. The van der Waals surface area contributed by atoms with Crippen LogP contribution in [0.3, 0.4) is 0 Å². The number of nitro benzene ring substituents is 1. The first-order chi connectivity index (χ1) is 22.0. The molecule has 240 valence electrons. The van der Waals surface area contributed by atoms with Crippen molar-refractivity contribution >= 4 is 49.1 Å². The van der Waals surface area contributed by atoms with Gasteiger partial charge in [-0.3, -0.25) is 24.0 Å². The van der Waals surface area contributed by atoms with E-state index in [4.69, 9.17) is 0 Å². The molecule has 0 saturated carbocycles. The van der Waals surface area contributed by atoms with Crippen LogP contribution in [0.2, 0.25) is 0 Å². The predicted molar refractivity (Wildman–Crippen MR) is 181 cm³/mol. The number of nitrogens with zero attached hydrogens (tertiary/aromatic N) is 3. The van der Waals surface area contributed by atoms with Crippen LogP contribution in [0.1, 0.15) is 31.4 Å². The van der Waals surface area contributed by atoms with Crippen LogP contribution < -0.4 is 9.62 Å². The number of nitro groups is 1. The zero-order valence-corrected chi connectivity index (χ0v) is 27.9. The maximum atomic E-state index is 14.5. The number of rotatable bonds is 14. The zero-order chi connectivity index (χ0) is 33.3. The number of carbonyl (C=O) groups excluding carboxylic acids is 2. The van der Waals surface area contributed by atoms with Crippen LogP contribution in [0.4, 0.5) is 11.4 Å². The fourth-order valence-corrected chi connectivity index (χ4v) is 6.70. The smallest absolute Gasteiger partial charge is 0.269 e. The Bertz CT molecular complexity index is 1760. The van der Waals surface area contributed by atoms with Crippen LogP contribution in [0.5, 0.6) is 0 Å². The first kappa shape index (κ1) is 34.3. The number of halogens is 1. The fourth-order valence-electron chi connectivity index (χ4n) is 4.82. The Labute approximate surface area is 277 Å². The van der Waals surface area contributed by atoms with E-state index < -0.39 is 33.4 Å². The van der Waals surface area contributed by atoms with E-state index in [1.807, 2.05) is 68.4 Å². The number of anilines is 1. The van der Waals surface area contributed by atoms with Gasteiger partial charge in [0.2, 0.25) is 11.8 Å². The van der Waals surface area contributed by atoms with Crippen LogP contribution >= 0.6 is 15.9 Å². The van der Waals surface area contributed by atoms with E-state index in [-0.39, 0.29) is 41.2 Å². The number of carbonyl (C=O) groups is 2. The van der Waals surface area contributed by atoms with E-state index >= 15 is 0 Å². The molecular weight excluding hydrogens is 672 g/mol. The van der Waals surface area contributed by atoms with Gasteiger partial charge in [-0.1, -0.05) is 83.5 Å². The van der Waals surface area contributed by atoms with E-state index in [1.165, 1.54) is 41.3 Å². The van der Waals surface area contributed by atoms with Crippen LogP contribution in [-0.2, 0) is 32.6 Å². The van der Waals surface area contributed by atoms with Crippen molar-refractivity contribution in [1.29, 1.82) is 0 Å². The summed E-state index contributed by atoms with van der Waals surface area (Å²) in [6.07, 6.45) is 0.860. The van der Waals surface area contributed by atoms with Crippen LogP contribution in [-0.4, -0.2) is 48.7 Å². The summed E-state index contributed by atoms with van der Waals surface area (Å²) >= 11 is 3.47. The van der Waals surface area contributed by atoms with Gasteiger partial charge in [-0.05, 0) is 60.9 Å². The van der Waals surface area contributed by atoms with Crippen LogP contribution in [0.25, 0.3) is 0 Å². The number of hydrogen-bond acceptors (Lipinski definition) is 6. The van der Waals surface area contributed by atoms with Gasteiger partial charge in [0.1, 0.15) is 12.6 Å². The first-order valence-electron chi connectivity index (χ1n) is 14.7. The molecule has 0 aromatic heterocycles. The molecule has 0 radical (unpaired) electrons. The van der Waals surface area contributed by atoms with Gasteiger partial charge in [0.15, 0.2) is 0 Å². The summed E-state index contributed by atoms with van der Waals surface area (Å²) in [6.45, 7) is 3.17. The summed E-state index contributed by atoms with van der Waals surface area (Å²) in [4.78, 5) is 40.4. The largest absolute Gasteiger partial charge is 0.352 e. The van der Waals surface area contributed by atoms with E-state index in [0.717, 1.165) is 19.9 Å². The quantitative estimate of drug-likeness (QED) is 0.124. The molecule has 0 aliphatic rings. The molecule has 12 heteroatoms. The topological polar surface area (TPSA) is 130 Å². The summed E-state index contributed by atoms with van der Waals surface area (Å²) in [5.74, 6) is -0.993. The average molecular weight is 708 g/mol. The fraction of sp³-hybridized carbons (Fsp3) is 0.235. The Morgan fingerprint density at radius 2 is 1.50 bits per heavy atom. The maximum Gasteiger partial charge on any atom is 0.269 e. The second kappa shape index (κ2) is 15.6. The second-order valence-electron chi connectivity index (χ2n) is 10.8. The van der Waals surface area contributed by atoms with Crippen molar-refractivity contribution in [2.24, 2.45) is 0 Å². The Kier molecular flexibility index (Phi) is 11.7. The summed E-state index contributed by atoms with van der Waals surface area (Å²) in [5, 5.41) is 14.3. The lowest BCUT2D eigenvalue weighted by molar-refractivity contribution is -0.384. The molecule has 0 heterocycles.